The number of amides is 1. The van der Waals surface area contributed by atoms with Crippen molar-refractivity contribution in [2.45, 2.75) is 19.3 Å². The predicted octanol–water partition coefficient (Wildman–Crippen LogP) is 3.78. The van der Waals surface area contributed by atoms with Crippen LogP contribution in [-0.2, 0) is 4.79 Å². The molecule has 1 unspecified atom stereocenters. The van der Waals surface area contributed by atoms with Crippen molar-refractivity contribution in [2.75, 3.05) is 12.4 Å². The van der Waals surface area contributed by atoms with Crippen LogP contribution in [0.25, 0.3) is 5.69 Å². The van der Waals surface area contributed by atoms with E-state index in [1.165, 1.54) is 42.1 Å². The highest BCUT2D eigenvalue weighted by Crippen LogP contribution is 2.38. The van der Waals surface area contributed by atoms with Crippen molar-refractivity contribution >= 4 is 17.5 Å². The number of carbonyl (C=O) groups excluding carboxylic acids is 2. The van der Waals surface area contributed by atoms with Gasteiger partial charge in [-0.05, 0) is 43.3 Å². The Kier molecular flexibility index (Phi) is 4.62. The van der Waals surface area contributed by atoms with Gasteiger partial charge in [0.15, 0.2) is 17.3 Å². The Hall–Kier alpha value is -3.55. The second-order valence-electron chi connectivity index (χ2n) is 6.76. The minimum atomic E-state index is -0.795. The first-order valence-corrected chi connectivity index (χ1v) is 8.92. The molecule has 0 bridgehead atoms. The minimum absolute atomic E-state index is 0.0523. The van der Waals surface area contributed by atoms with Crippen LogP contribution in [0.2, 0.25) is 0 Å². The predicted molar refractivity (Wildman–Crippen MR) is 102 cm³/mol. The van der Waals surface area contributed by atoms with E-state index in [-0.39, 0.29) is 29.4 Å². The third-order valence-corrected chi connectivity index (χ3v) is 4.91. The van der Waals surface area contributed by atoms with E-state index in [4.69, 9.17) is 4.74 Å². The number of Topliss-reactive ketones (excluding diaryl/α,β-unsaturated/α-hetero) is 1. The average molecular weight is 397 g/mol. The lowest BCUT2D eigenvalue weighted by Crippen LogP contribution is -2.28. The summed E-state index contributed by atoms with van der Waals surface area (Å²) in [7, 11) is 1.31. The standard InChI is InChI=1S/C21H17F2N3O3/c1-11-19-15(20(28)12-6-7-16(23)17(8-12)29-2)10-18(27)24-21(19)26(25-11)14-5-3-4-13(22)9-14/h3-9,15H,10H2,1-2H3,(H,24,27). The SMILES string of the molecule is COc1cc(C(=O)C2CC(=O)Nc3c2c(C)nn3-c2cccc(F)c2)ccc1F. The summed E-state index contributed by atoms with van der Waals surface area (Å²) in [4.78, 5) is 25.5. The molecular formula is C21H17F2N3O3. The van der Waals surface area contributed by atoms with Gasteiger partial charge in [-0.25, -0.2) is 13.5 Å². The zero-order valence-corrected chi connectivity index (χ0v) is 15.7. The first-order chi connectivity index (χ1) is 13.9. The maximum Gasteiger partial charge on any atom is 0.226 e. The minimum Gasteiger partial charge on any atom is -0.494 e. The summed E-state index contributed by atoms with van der Waals surface area (Å²) in [5, 5.41) is 7.15. The maximum atomic E-state index is 13.7. The number of methoxy groups -OCH3 is 1. The molecule has 2 heterocycles. The molecule has 8 heteroatoms. The fourth-order valence-electron chi connectivity index (χ4n) is 3.58. The molecule has 2 aromatic carbocycles. The van der Waals surface area contributed by atoms with Gasteiger partial charge in [-0.15, -0.1) is 0 Å². The van der Waals surface area contributed by atoms with Crippen LogP contribution >= 0.6 is 0 Å². The van der Waals surface area contributed by atoms with Gasteiger partial charge in [0.2, 0.25) is 5.91 Å². The summed E-state index contributed by atoms with van der Waals surface area (Å²) < 4.78 is 33.8. The molecule has 1 aliphatic heterocycles. The number of aromatic nitrogens is 2. The van der Waals surface area contributed by atoms with E-state index in [1.54, 1.807) is 13.0 Å². The van der Waals surface area contributed by atoms with E-state index >= 15 is 0 Å². The monoisotopic (exact) mass is 397 g/mol. The Labute approximate surface area is 165 Å². The number of ketones is 1. The van der Waals surface area contributed by atoms with Gasteiger partial charge in [-0.2, -0.15) is 5.10 Å². The third kappa shape index (κ3) is 3.26. The molecular weight excluding hydrogens is 380 g/mol. The van der Waals surface area contributed by atoms with E-state index in [2.05, 4.69) is 10.4 Å². The molecule has 0 aliphatic carbocycles. The molecule has 148 valence electrons. The van der Waals surface area contributed by atoms with Crippen molar-refractivity contribution < 1.29 is 23.1 Å². The second-order valence-corrected chi connectivity index (χ2v) is 6.76. The van der Waals surface area contributed by atoms with Gasteiger partial charge >= 0.3 is 0 Å². The molecule has 29 heavy (non-hydrogen) atoms. The lowest BCUT2D eigenvalue weighted by Gasteiger charge is -2.23. The molecule has 1 aliphatic rings. The smallest absolute Gasteiger partial charge is 0.226 e. The van der Waals surface area contributed by atoms with E-state index < -0.39 is 17.6 Å². The van der Waals surface area contributed by atoms with Crippen LogP contribution in [0.5, 0.6) is 5.75 Å². The van der Waals surface area contributed by atoms with Gasteiger partial charge in [0.1, 0.15) is 11.6 Å². The number of anilines is 1. The molecule has 0 saturated heterocycles. The zero-order chi connectivity index (χ0) is 20.7. The molecule has 1 N–H and O–H groups in total. The van der Waals surface area contributed by atoms with Gasteiger partial charge in [-0.1, -0.05) is 6.07 Å². The third-order valence-electron chi connectivity index (χ3n) is 4.91. The van der Waals surface area contributed by atoms with E-state index in [1.807, 2.05) is 0 Å². The fraction of sp³-hybridized carbons (Fsp3) is 0.190. The van der Waals surface area contributed by atoms with Gasteiger partial charge in [0.05, 0.1) is 24.4 Å². The Bertz CT molecular complexity index is 1140. The lowest BCUT2D eigenvalue weighted by atomic mass is 9.85. The number of hydrogen-bond donors (Lipinski definition) is 1. The van der Waals surface area contributed by atoms with Crippen LogP contribution in [0.3, 0.4) is 0 Å². The summed E-state index contributed by atoms with van der Waals surface area (Å²) >= 11 is 0. The van der Waals surface area contributed by atoms with E-state index in [0.717, 1.165) is 6.07 Å². The number of benzene rings is 2. The van der Waals surface area contributed by atoms with Crippen LogP contribution in [0.4, 0.5) is 14.6 Å². The molecule has 0 fully saturated rings. The molecule has 4 rings (SSSR count). The highest BCUT2D eigenvalue weighted by Gasteiger charge is 2.36. The Morgan fingerprint density at radius 3 is 2.76 bits per heavy atom. The van der Waals surface area contributed by atoms with E-state index in [0.29, 0.717) is 22.8 Å². The number of halogens is 2. The summed E-state index contributed by atoms with van der Waals surface area (Å²) in [5.41, 5.74) is 1.75. The number of nitrogens with zero attached hydrogens (tertiary/aromatic N) is 2. The van der Waals surface area contributed by atoms with Gasteiger partial charge in [0, 0.05) is 17.5 Å². The summed E-state index contributed by atoms with van der Waals surface area (Å²) in [6.45, 7) is 1.72. The number of fused-ring (bicyclic) bond motifs is 1. The van der Waals surface area contributed by atoms with Crippen molar-refractivity contribution in [3.63, 3.8) is 0 Å². The quantitative estimate of drug-likeness (QED) is 0.680. The Morgan fingerprint density at radius 1 is 1.24 bits per heavy atom. The number of rotatable bonds is 4. The molecule has 1 aromatic heterocycles. The van der Waals surface area contributed by atoms with Crippen LogP contribution in [0.15, 0.2) is 42.5 Å². The Morgan fingerprint density at radius 2 is 2.03 bits per heavy atom. The van der Waals surface area contributed by atoms with Crippen molar-refractivity contribution in [3.05, 3.63) is 70.9 Å². The molecule has 1 amide bonds. The van der Waals surface area contributed by atoms with Crippen molar-refractivity contribution in [3.8, 4) is 11.4 Å². The number of carbonyl (C=O) groups is 2. The molecule has 1 atom stereocenters. The maximum absolute atomic E-state index is 13.7. The first-order valence-electron chi connectivity index (χ1n) is 8.92. The number of aryl methyl sites for hydroxylation is 1. The average Bonchev–Trinajstić information content (AvgIpc) is 3.03. The molecule has 0 spiro atoms. The highest BCUT2D eigenvalue weighted by atomic mass is 19.1. The first kappa shape index (κ1) is 18.8. The topological polar surface area (TPSA) is 73.2 Å². The molecule has 6 nitrogen and oxygen atoms in total. The second kappa shape index (κ2) is 7.12. The fourth-order valence-corrected chi connectivity index (χ4v) is 3.58. The number of ether oxygens (including phenoxy) is 1. The van der Waals surface area contributed by atoms with Crippen LogP contribution < -0.4 is 10.1 Å². The van der Waals surface area contributed by atoms with Crippen molar-refractivity contribution in [2.24, 2.45) is 0 Å². The summed E-state index contributed by atoms with van der Waals surface area (Å²) in [5.74, 6) is -2.25. The largest absolute Gasteiger partial charge is 0.494 e. The van der Waals surface area contributed by atoms with Gasteiger partial charge in [0.25, 0.3) is 0 Å². The number of hydrogen-bond acceptors (Lipinski definition) is 4. The normalized spacial score (nSPS) is 15.6. The van der Waals surface area contributed by atoms with Gasteiger partial charge < -0.3 is 10.1 Å². The zero-order valence-electron chi connectivity index (χ0n) is 15.7. The Balaban J connectivity index is 1.81. The summed E-state index contributed by atoms with van der Waals surface area (Å²) in [6, 6.07) is 9.60. The van der Waals surface area contributed by atoms with Crippen molar-refractivity contribution in [1.82, 2.24) is 9.78 Å². The molecule has 3 aromatic rings. The van der Waals surface area contributed by atoms with E-state index in [9.17, 15) is 18.4 Å². The van der Waals surface area contributed by atoms with Crippen LogP contribution in [-0.4, -0.2) is 28.6 Å². The molecule has 0 saturated carbocycles. The highest BCUT2D eigenvalue weighted by molar-refractivity contribution is 6.08. The van der Waals surface area contributed by atoms with Crippen molar-refractivity contribution in [1.29, 1.82) is 0 Å². The lowest BCUT2D eigenvalue weighted by molar-refractivity contribution is -0.116. The van der Waals surface area contributed by atoms with Crippen LogP contribution in [0.1, 0.15) is 34.0 Å². The summed E-state index contributed by atoms with van der Waals surface area (Å²) in [6.07, 6.45) is -0.0682. The number of nitrogens with one attached hydrogen (secondary N) is 1. The van der Waals surface area contributed by atoms with Gasteiger partial charge in [-0.3, -0.25) is 9.59 Å². The molecule has 0 radical (unpaired) electrons. The van der Waals surface area contributed by atoms with Crippen LogP contribution in [0, 0.1) is 18.6 Å².